The monoisotopic (exact) mass is 272 g/mol. The summed E-state index contributed by atoms with van der Waals surface area (Å²) in [5, 5.41) is 5.78. The summed E-state index contributed by atoms with van der Waals surface area (Å²) in [6, 6.07) is 0. The van der Waals surface area contributed by atoms with Crippen LogP contribution in [0.25, 0.3) is 0 Å². The Bertz CT molecular complexity index is 534. The Morgan fingerprint density at radius 1 is 1.39 bits per heavy atom. The highest BCUT2D eigenvalue weighted by molar-refractivity contribution is 7.99. The molecule has 1 aliphatic heterocycles. The molecule has 2 rings (SSSR count). The third kappa shape index (κ3) is 3.20. The number of aromatic amines is 2. The number of ether oxygens (including phenoxy) is 1. The molecule has 8 nitrogen and oxygen atoms in total. The second kappa shape index (κ2) is 5.83. The van der Waals surface area contributed by atoms with Crippen molar-refractivity contribution in [2.24, 2.45) is 0 Å². The van der Waals surface area contributed by atoms with Crippen LogP contribution in [-0.2, 0) is 9.53 Å². The van der Waals surface area contributed by atoms with Gasteiger partial charge < -0.3 is 9.64 Å². The number of carbonyl (C=O) groups is 1. The molecule has 0 aromatic carbocycles. The number of hydrogen-bond donors (Lipinski definition) is 2. The number of carbonyl (C=O) groups excluding carboxylic acids is 1. The molecule has 0 bridgehead atoms. The van der Waals surface area contributed by atoms with Gasteiger partial charge in [-0.15, -0.1) is 0 Å². The first-order valence-corrected chi connectivity index (χ1v) is 6.32. The van der Waals surface area contributed by atoms with Crippen LogP contribution in [0.1, 0.15) is 0 Å². The lowest BCUT2D eigenvalue weighted by Gasteiger charge is -2.26. The van der Waals surface area contributed by atoms with Crippen molar-refractivity contribution in [1.29, 1.82) is 0 Å². The summed E-state index contributed by atoms with van der Waals surface area (Å²) in [7, 11) is 0. The molecule has 0 radical (unpaired) electrons. The zero-order chi connectivity index (χ0) is 13.0. The highest BCUT2D eigenvalue weighted by atomic mass is 32.2. The molecule has 1 aromatic heterocycles. The molecule has 0 aliphatic carbocycles. The summed E-state index contributed by atoms with van der Waals surface area (Å²) >= 11 is 1.00. The van der Waals surface area contributed by atoms with E-state index in [1.54, 1.807) is 4.90 Å². The van der Waals surface area contributed by atoms with Gasteiger partial charge >= 0.3 is 5.69 Å². The molecule has 0 spiro atoms. The number of nitrogens with one attached hydrogen (secondary N) is 2. The van der Waals surface area contributed by atoms with Gasteiger partial charge in [0.15, 0.2) is 5.03 Å². The zero-order valence-corrected chi connectivity index (χ0v) is 10.3. The fourth-order valence-electron chi connectivity index (χ4n) is 1.47. The van der Waals surface area contributed by atoms with Gasteiger partial charge in [0.2, 0.25) is 5.91 Å². The lowest BCUT2D eigenvalue weighted by atomic mass is 10.4. The summed E-state index contributed by atoms with van der Waals surface area (Å²) in [5.41, 5.74) is -1.25. The third-order valence-corrected chi connectivity index (χ3v) is 3.32. The fraction of sp³-hybridized carbons (Fsp3) is 0.556. The van der Waals surface area contributed by atoms with Gasteiger partial charge in [-0.25, -0.2) is 9.89 Å². The summed E-state index contributed by atoms with van der Waals surface area (Å²) in [5.74, 6) is 0.0398. The van der Waals surface area contributed by atoms with Crippen LogP contribution in [0, 0.1) is 0 Å². The molecule has 18 heavy (non-hydrogen) atoms. The number of aromatic nitrogens is 3. The lowest BCUT2D eigenvalue weighted by molar-refractivity contribution is -0.132. The van der Waals surface area contributed by atoms with Gasteiger partial charge in [-0.1, -0.05) is 11.8 Å². The molecule has 0 atom stereocenters. The van der Waals surface area contributed by atoms with Gasteiger partial charge in [0.1, 0.15) is 0 Å². The van der Waals surface area contributed by atoms with Crippen molar-refractivity contribution < 1.29 is 9.53 Å². The van der Waals surface area contributed by atoms with Crippen LogP contribution in [0.5, 0.6) is 0 Å². The van der Waals surface area contributed by atoms with E-state index in [0.717, 1.165) is 11.8 Å². The maximum absolute atomic E-state index is 11.8. The minimum Gasteiger partial charge on any atom is -0.378 e. The molecular weight excluding hydrogens is 260 g/mol. The van der Waals surface area contributed by atoms with E-state index < -0.39 is 11.2 Å². The van der Waals surface area contributed by atoms with Crippen molar-refractivity contribution in [3.05, 3.63) is 20.8 Å². The van der Waals surface area contributed by atoms with Crippen molar-refractivity contribution in [2.45, 2.75) is 5.03 Å². The Morgan fingerprint density at radius 2 is 2.11 bits per heavy atom. The average Bonchev–Trinajstić information content (AvgIpc) is 2.38. The molecule has 98 valence electrons. The first kappa shape index (κ1) is 12.8. The first-order valence-electron chi connectivity index (χ1n) is 5.34. The van der Waals surface area contributed by atoms with Gasteiger partial charge in [-0.3, -0.25) is 14.6 Å². The fourth-order valence-corrected chi connectivity index (χ4v) is 2.20. The van der Waals surface area contributed by atoms with E-state index in [2.05, 4.69) is 10.2 Å². The predicted octanol–water partition coefficient (Wildman–Crippen LogP) is -1.59. The van der Waals surface area contributed by atoms with E-state index in [-0.39, 0.29) is 16.7 Å². The number of rotatable bonds is 3. The van der Waals surface area contributed by atoms with E-state index in [1.807, 2.05) is 4.98 Å². The van der Waals surface area contributed by atoms with Crippen molar-refractivity contribution >= 4 is 17.7 Å². The summed E-state index contributed by atoms with van der Waals surface area (Å²) in [4.78, 5) is 37.6. The van der Waals surface area contributed by atoms with Crippen molar-refractivity contribution in [1.82, 2.24) is 20.1 Å². The minimum atomic E-state index is -0.663. The Morgan fingerprint density at radius 3 is 2.78 bits per heavy atom. The number of H-pyrrole nitrogens is 2. The quantitative estimate of drug-likeness (QED) is 0.642. The highest BCUT2D eigenvalue weighted by Crippen LogP contribution is 2.10. The molecule has 1 fully saturated rings. The molecule has 1 aliphatic rings. The smallest absolute Gasteiger partial charge is 0.342 e. The van der Waals surface area contributed by atoms with E-state index in [4.69, 9.17) is 4.74 Å². The van der Waals surface area contributed by atoms with Crippen LogP contribution in [-0.4, -0.2) is 58.0 Å². The van der Waals surface area contributed by atoms with Gasteiger partial charge in [0, 0.05) is 13.1 Å². The summed E-state index contributed by atoms with van der Waals surface area (Å²) in [6.07, 6.45) is 0. The lowest BCUT2D eigenvalue weighted by Crippen LogP contribution is -2.41. The summed E-state index contributed by atoms with van der Waals surface area (Å²) in [6.45, 7) is 2.20. The SMILES string of the molecule is O=C(CSc1n[nH]c(=O)[nH]c1=O)N1CCOCC1. The Hall–Kier alpha value is -1.61. The first-order chi connectivity index (χ1) is 8.66. The predicted molar refractivity (Wildman–Crippen MR) is 63.6 cm³/mol. The van der Waals surface area contributed by atoms with Crippen LogP contribution in [0.2, 0.25) is 0 Å². The molecular formula is C9H12N4O4S. The molecule has 0 saturated carbocycles. The van der Waals surface area contributed by atoms with E-state index in [9.17, 15) is 14.4 Å². The standard InChI is InChI=1S/C9H12N4O4S/c14-6(13-1-3-17-4-2-13)5-18-8-7(15)10-9(16)12-11-8/h1-5H2,(H2,10,12,15,16). The molecule has 9 heteroatoms. The number of thioether (sulfide) groups is 1. The van der Waals surface area contributed by atoms with Crippen molar-refractivity contribution in [2.75, 3.05) is 32.1 Å². The van der Waals surface area contributed by atoms with E-state index in [1.165, 1.54) is 0 Å². The highest BCUT2D eigenvalue weighted by Gasteiger charge is 2.17. The van der Waals surface area contributed by atoms with E-state index in [0.29, 0.717) is 26.3 Å². The largest absolute Gasteiger partial charge is 0.378 e. The van der Waals surface area contributed by atoms with Crippen LogP contribution in [0.15, 0.2) is 14.6 Å². The van der Waals surface area contributed by atoms with Crippen LogP contribution >= 0.6 is 11.8 Å². The van der Waals surface area contributed by atoms with Gasteiger partial charge in [0.05, 0.1) is 19.0 Å². The maximum Gasteiger partial charge on any atom is 0.342 e. The number of hydrogen-bond acceptors (Lipinski definition) is 6. The molecule has 0 unspecified atom stereocenters. The normalized spacial score (nSPS) is 15.7. The molecule has 2 heterocycles. The maximum atomic E-state index is 11.8. The minimum absolute atomic E-state index is 0.0734. The number of amides is 1. The molecule has 1 saturated heterocycles. The Labute approximate surface area is 106 Å². The Balaban J connectivity index is 1.92. The zero-order valence-electron chi connectivity index (χ0n) is 9.47. The van der Waals surface area contributed by atoms with Crippen LogP contribution in [0.4, 0.5) is 0 Å². The topological polar surface area (TPSA) is 108 Å². The average molecular weight is 272 g/mol. The third-order valence-electron chi connectivity index (χ3n) is 2.38. The number of nitrogens with zero attached hydrogens (tertiary/aromatic N) is 2. The van der Waals surface area contributed by atoms with Gasteiger partial charge in [0.25, 0.3) is 5.56 Å². The van der Waals surface area contributed by atoms with E-state index >= 15 is 0 Å². The molecule has 2 N–H and O–H groups in total. The van der Waals surface area contributed by atoms with Crippen LogP contribution in [0.3, 0.4) is 0 Å². The van der Waals surface area contributed by atoms with Gasteiger partial charge in [-0.2, -0.15) is 5.10 Å². The molecule has 1 aromatic rings. The molecule has 1 amide bonds. The van der Waals surface area contributed by atoms with Crippen molar-refractivity contribution in [3.63, 3.8) is 0 Å². The van der Waals surface area contributed by atoms with Gasteiger partial charge in [-0.05, 0) is 0 Å². The van der Waals surface area contributed by atoms with Crippen molar-refractivity contribution in [3.8, 4) is 0 Å². The second-order valence-corrected chi connectivity index (χ2v) is 4.56. The van der Waals surface area contributed by atoms with Crippen LogP contribution < -0.4 is 11.2 Å². The summed E-state index contributed by atoms with van der Waals surface area (Å²) < 4.78 is 5.14. The Kier molecular flexibility index (Phi) is 4.15. The second-order valence-electron chi connectivity index (χ2n) is 3.59. The number of morpholine rings is 1.